The number of nitrogens with zero attached hydrogens (tertiary/aromatic N) is 3. The van der Waals surface area contributed by atoms with Crippen LogP contribution in [-0.4, -0.2) is 22.4 Å². The van der Waals surface area contributed by atoms with Gasteiger partial charge in [0.05, 0.1) is 18.3 Å². The molecule has 0 fully saturated rings. The maximum absolute atomic E-state index is 8.98. The van der Waals surface area contributed by atoms with Gasteiger partial charge in [-0.05, 0) is 18.5 Å². The summed E-state index contributed by atoms with van der Waals surface area (Å²) in [6.07, 6.45) is 4.65. The zero-order chi connectivity index (χ0) is 13.5. The van der Waals surface area contributed by atoms with E-state index in [1.807, 2.05) is 42.2 Å². The average molecular weight is 254 g/mol. The van der Waals surface area contributed by atoms with Gasteiger partial charge in [-0.15, -0.1) is 0 Å². The molecule has 98 valence electrons. The summed E-state index contributed by atoms with van der Waals surface area (Å²) < 4.78 is 1.89. The van der Waals surface area contributed by atoms with Crippen LogP contribution in [0.1, 0.15) is 13.3 Å². The molecule has 0 radical (unpaired) electrons. The fourth-order valence-electron chi connectivity index (χ4n) is 1.99. The molecule has 4 nitrogen and oxygen atoms in total. The monoisotopic (exact) mass is 254 g/mol. The molecule has 0 amide bonds. The maximum Gasteiger partial charge on any atom is 0.0970 e. The largest absolute Gasteiger partial charge is 0.302 e. The zero-order valence-electron chi connectivity index (χ0n) is 11.1. The summed E-state index contributed by atoms with van der Waals surface area (Å²) in [7, 11) is 0. The summed E-state index contributed by atoms with van der Waals surface area (Å²) in [4.78, 5) is 0. The van der Waals surface area contributed by atoms with Gasteiger partial charge in [-0.1, -0.05) is 37.3 Å². The molecule has 1 aromatic heterocycles. The van der Waals surface area contributed by atoms with Crippen LogP contribution in [0.2, 0.25) is 0 Å². The number of hydrogen-bond acceptors (Lipinski definition) is 3. The van der Waals surface area contributed by atoms with Crippen LogP contribution in [0.3, 0.4) is 0 Å². The fraction of sp³-hybridized carbons (Fsp3) is 0.333. The minimum atomic E-state index is -0.102. The lowest BCUT2D eigenvalue weighted by Gasteiger charge is -2.09. The first kappa shape index (κ1) is 13.3. The molecular weight excluding hydrogens is 236 g/mol. The highest BCUT2D eigenvalue weighted by molar-refractivity contribution is 5.61. The predicted molar refractivity (Wildman–Crippen MR) is 75.4 cm³/mol. The lowest BCUT2D eigenvalue weighted by atomic mass is 10.1. The minimum absolute atomic E-state index is 0.102. The van der Waals surface area contributed by atoms with E-state index < -0.39 is 0 Å². The first-order valence-electron chi connectivity index (χ1n) is 6.54. The Balaban J connectivity index is 1.97. The highest BCUT2D eigenvalue weighted by Gasteiger charge is 2.06. The predicted octanol–water partition coefficient (Wildman–Crippen LogP) is 2.44. The van der Waals surface area contributed by atoms with Crippen molar-refractivity contribution in [2.75, 3.05) is 6.54 Å². The summed E-state index contributed by atoms with van der Waals surface area (Å²) in [5, 5.41) is 16.5. The lowest BCUT2D eigenvalue weighted by molar-refractivity contribution is 0.502. The number of hydrogen-bond donors (Lipinski definition) is 1. The molecule has 1 atom stereocenters. The van der Waals surface area contributed by atoms with Crippen LogP contribution in [0.25, 0.3) is 11.1 Å². The summed E-state index contributed by atoms with van der Waals surface area (Å²) in [5.41, 5.74) is 2.27. The Morgan fingerprint density at radius 1 is 1.32 bits per heavy atom. The van der Waals surface area contributed by atoms with Crippen molar-refractivity contribution in [1.82, 2.24) is 15.1 Å². The molecule has 1 unspecified atom stereocenters. The molecule has 19 heavy (non-hydrogen) atoms. The fourth-order valence-corrected chi connectivity index (χ4v) is 1.99. The van der Waals surface area contributed by atoms with Gasteiger partial charge in [-0.3, -0.25) is 4.68 Å². The van der Waals surface area contributed by atoms with Gasteiger partial charge in [-0.25, -0.2) is 0 Å². The van der Waals surface area contributed by atoms with Crippen LogP contribution in [0.5, 0.6) is 0 Å². The summed E-state index contributed by atoms with van der Waals surface area (Å²) >= 11 is 0. The number of rotatable bonds is 6. The van der Waals surface area contributed by atoms with Gasteiger partial charge in [0.2, 0.25) is 0 Å². The van der Waals surface area contributed by atoms with Crippen LogP contribution in [-0.2, 0) is 6.54 Å². The Labute approximate surface area is 113 Å². The van der Waals surface area contributed by atoms with Crippen LogP contribution < -0.4 is 5.32 Å². The number of aryl methyl sites for hydroxylation is 1. The van der Waals surface area contributed by atoms with E-state index in [2.05, 4.69) is 28.6 Å². The standard InChI is InChI=1S/C15H18N4/c1-2-17-15(10-16)8-9-19-12-14(11-18-19)13-6-4-3-5-7-13/h3-7,11-12,15,17H,2,8-9H2,1H3. The minimum Gasteiger partial charge on any atom is -0.302 e. The molecule has 2 rings (SSSR count). The van der Waals surface area contributed by atoms with Crippen molar-refractivity contribution < 1.29 is 0 Å². The van der Waals surface area contributed by atoms with Crippen molar-refractivity contribution in [1.29, 1.82) is 5.26 Å². The van der Waals surface area contributed by atoms with Crippen molar-refractivity contribution in [2.45, 2.75) is 25.9 Å². The number of nitriles is 1. The van der Waals surface area contributed by atoms with E-state index in [-0.39, 0.29) is 6.04 Å². The first-order chi connectivity index (χ1) is 9.33. The van der Waals surface area contributed by atoms with E-state index in [1.165, 1.54) is 0 Å². The molecule has 1 N–H and O–H groups in total. The Bertz CT molecular complexity index is 539. The van der Waals surface area contributed by atoms with Gasteiger partial charge in [0.15, 0.2) is 0 Å². The zero-order valence-corrected chi connectivity index (χ0v) is 11.1. The van der Waals surface area contributed by atoms with Crippen molar-refractivity contribution in [2.24, 2.45) is 0 Å². The van der Waals surface area contributed by atoms with E-state index in [9.17, 15) is 0 Å². The second kappa shape index (κ2) is 6.72. The van der Waals surface area contributed by atoms with E-state index in [0.717, 1.165) is 30.6 Å². The molecule has 2 aromatic rings. The average Bonchev–Trinajstić information content (AvgIpc) is 2.93. The molecule has 0 saturated carbocycles. The van der Waals surface area contributed by atoms with Crippen LogP contribution in [0, 0.1) is 11.3 Å². The third kappa shape index (κ3) is 3.67. The number of benzene rings is 1. The molecule has 0 aliphatic rings. The van der Waals surface area contributed by atoms with Gasteiger partial charge in [-0.2, -0.15) is 10.4 Å². The Kier molecular flexibility index (Phi) is 4.71. The van der Waals surface area contributed by atoms with E-state index >= 15 is 0 Å². The topological polar surface area (TPSA) is 53.6 Å². The first-order valence-corrected chi connectivity index (χ1v) is 6.54. The quantitative estimate of drug-likeness (QED) is 0.861. The van der Waals surface area contributed by atoms with Crippen molar-refractivity contribution >= 4 is 0 Å². The molecular formula is C15H18N4. The Morgan fingerprint density at radius 3 is 2.79 bits per heavy atom. The van der Waals surface area contributed by atoms with Crippen molar-refractivity contribution in [3.8, 4) is 17.2 Å². The van der Waals surface area contributed by atoms with Crippen molar-refractivity contribution in [3.05, 3.63) is 42.7 Å². The van der Waals surface area contributed by atoms with Gasteiger partial charge in [0.25, 0.3) is 0 Å². The lowest BCUT2D eigenvalue weighted by Crippen LogP contribution is -2.28. The molecule has 0 aliphatic heterocycles. The SMILES string of the molecule is CCNC(C#N)CCn1cc(-c2ccccc2)cn1. The second-order valence-electron chi connectivity index (χ2n) is 4.39. The summed E-state index contributed by atoms with van der Waals surface area (Å²) in [6, 6.07) is 12.3. The van der Waals surface area contributed by atoms with Crippen LogP contribution >= 0.6 is 0 Å². The molecule has 1 aromatic carbocycles. The van der Waals surface area contributed by atoms with E-state index in [0.29, 0.717) is 0 Å². The Hall–Kier alpha value is -2.12. The smallest absolute Gasteiger partial charge is 0.0970 e. The molecule has 0 spiro atoms. The molecule has 0 aliphatic carbocycles. The molecule has 4 heteroatoms. The Morgan fingerprint density at radius 2 is 2.11 bits per heavy atom. The number of nitrogens with one attached hydrogen (secondary N) is 1. The second-order valence-corrected chi connectivity index (χ2v) is 4.39. The van der Waals surface area contributed by atoms with Gasteiger partial charge in [0.1, 0.15) is 0 Å². The normalized spacial score (nSPS) is 12.0. The van der Waals surface area contributed by atoms with E-state index in [1.54, 1.807) is 0 Å². The third-order valence-electron chi connectivity index (χ3n) is 2.99. The molecule has 0 saturated heterocycles. The maximum atomic E-state index is 8.98. The number of aromatic nitrogens is 2. The molecule has 1 heterocycles. The summed E-state index contributed by atoms with van der Waals surface area (Å²) in [5.74, 6) is 0. The molecule has 0 bridgehead atoms. The van der Waals surface area contributed by atoms with Gasteiger partial charge < -0.3 is 5.32 Å². The van der Waals surface area contributed by atoms with Crippen LogP contribution in [0.4, 0.5) is 0 Å². The highest BCUT2D eigenvalue weighted by atomic mass is 15.3. The van der Waals surface area contributed by atoms with Crippen LogP contribution in [0.15, 0.2) is 42.7 Å². The highest BCUT2D eigenvalue weighted by Crippen LogP contribution is 2.17. The van der Waals surface area contributed by atoms with Gasteiger partial charge in [0, 0.05) is 18.3 Å². The van der Waals surface area contributed by atoms with Gasteiger partial charge >= 0.3 is 0 Å². The summed E-state index contributed by atoms with van der Waals surface area (Å²) in [6.45, 7) is 3.57. The van der Waals surface area contributed by atoms with E-state index in [4.69, 9.17) is 5.26 Å². The van der Waals surface area contributed by atoms with Crippen molar-refractivity contribution in [3.63, 3.8) is 0 Å². The third-order valence-corrected chi connectivity index (χ3v) is 2.99.